The minimum atomic E-state index is -0.281. The van der Waals surface area contributed by atoms with E-state index >= 15 is 0 Å². The van der Waals surface area contributed by atoms with Gasteiger partial charge in [0.25, 0.3) is 0 Å². The van der Waals surface area contributed by atoms with Gasteiger partial charge in [-0.3, -0.25) is 4.79 Å². The number of hydrogen-bond donors (Lipinski definition) is 2. The topological polar surface area (TPSA) is 87.4 Å². The standard InChI is InChI=1S/C22H32N6O.2ClH/c1-4-28(18-8-6-5-7-9-18)20(21(23)29)16-10-12-17(13-11-16)25-22-24-15-14-19(26-22)27(2)3;;/h5-9,14-17,20H,4,10-13H2,1-3H3,(H2,23,29)(H,24,25,26);2*1H. The molecule has 0 radical (unpaired) electrons. The van der Waals surface area contributed by atoms with Gasteiger partial charge in [0.15, 0.2) is 0 Å². The third-order valence-electron chi connectivity index (χ3n) is 5.71. The zero-order valence-electron chi connectivity index (χ0n) is 18.4. The lowest BCUT2D eigenvalue weighted by Gasteiger charge is -2.39. The van der Waals surface area contributed by atoms with Gasteiger partial charge in [-0.1, -0.05) is 18.2 Å². The lowest BCUT2D eigenvalue weighted by atomic mass is 9.80. The van der Waals surface area contributed by atoms with Crippen LogP contribution in [-0.4, -0.2) is 48.6 Å². The molecular formula is C22H34Cl2N6O. The van der Waals surface area contributed by atoms with E-state index in [9.17, 15) is 4.79 Å². The maximum atomic E-state index is 12.4. The molecule has 0 saturated heterocycles. The van der Waals surface area contributed by atoms with Crippen LogP contribution in [0.5, 0.6) is 0 Å². The van der Waals surface area contributed by atoms with Crippen LogP contribution in [0.2, 0.25) is 0 Å². The first-order valence-corrected chi connectivity index (χ1v) is 10.4. The number of para-hydroxylation sites is 1. The molecule has 1 unspecified atom stereocenters. The van der Waals surface area contributed by atoms with Crippen molar-refractivity contribution in [2.24, 2.45) is 11.7 Å². The molecule has 1 aromatic heterocycles. The zero-order valence-corrected chi connectivity index (χ0v) is 20.0. The first-order chi connectivity index (χ1) is 14.0. The molecule has 1 atom stereocenters. The summed E-state index contributed by atoms with van der Waals surface area (Å²) in [4.78, 5) is 25.4. The number of aromatic nitrogens is 2. The Morgan fingerprint density at radius 2 is 1.77 bits per heavy atom. The zero-order chi connectivity index (χ0) is 20.8. The Morgan fingerprint density at radius 3 is 2.32 bits per heavy atom. The van der Waals surface area contributed by atoms with Crippen molar-refractivity contribution >= 4 is 48.2 Å². The van der Waals surface area contributed by atoms with Crippen LogP contribution in [0.4, 0.5) is 17.5 Å². The Morgan fingerprint density at radius 1 is 1.13 bits per heavy atom. The minimum Gasteiger partial charge on any atom is -0.368 e. The van der Waals surface area contributed by atoms with Gasteiger partial charge in [0.1, 0.15) is 11.9 Å². The van der Waals surface area contributed by atoms with Crippen molar-refractivity contribution in [2.45, 2.75) is 44.7 Å². The van der Waals surface area contributed by atoms with E-state index in [0.717, 1.165) is 43.7 Å². The molecule has 0 spiro atoms. The Bertz CT molecular complexity index is 800. The summed E-state index contributed by atoms with van der Waals surface area (Å²) < 4.78 is 0. The lowest BCUT2D eigenvalue weighted by Crippen LogP contribution is -2.51. The van der Waals surface area contributed by atoms with Crippen LogP contribution in [-0.2, 0) is 4.79 Å². The SMILES string of the molecule is CCN(c1ccccc1)C(C(N)=O)C1CCC(Nc2nccc(N(C)C)n2)CC1.Cl.Cl. The number of amides is 1. The number of likely N-dealkylation sites (N-methyl/N-ethyl adjacent to an activating group) is 1. The monoisotopic (exact) mass is 468 g/mol. The lowest BCUT2D eigenvalue weighted by molar-refractivity contribution is -0.120. The van der Waals surface area contributed by atoms with Crippen LogP contribution < -0.4 is 20.9 Å². The second-order valence-corrected chi connectivity index (χ2v) is 7.86. The van der Waals surface area contributed by atoms with Crippen molar-refractivity contribution in [2.75, 3.05) is 35.8 Å². The smallest absolute Gasteiger partial charge is 0.240 e. The first kappa shape index (κ1) is 26.8. The molecule has 3 N–H and O–H groups in total. The predicted octanol–water partition coefficient (Wildman–Crippen LogP) is 3.74. The number of carbonyl (C=O) groups excluding carboxylic acids is 1. The Hall–Kier alpha value is -2.25. The molecule has 3 rings (SSSR count). The van der Waals surface area contributed by atoms with Gasteiger partial charge in [0.05, 0.1) is 0 Å². The maximum Gasteiger partial charge on any atom is 0.240 e. The molecule has 1 amide bonds. The summed E-state index contributed by atoms with van der Waals surface area (Å²) in [6, 6.07) is 12.0. The predicted molar refractivity (Wildman–Crippen MR) is 133 cm³/mol. The Kier molecular flexibility index (Phi) is 10.9. The highest BCUT2D eigenvalue weighted by molar-refractivity contribution is 5.85. The van der Waals surface area contributed by atoms with Gasteiger partial charge in [-0.15, -0.1) is 24.8 Å². The molecule has 1 heterocycles. The van der Waals surface area contributed by atoms with Crippen molar-refractivity contribution in [3.8, 4) is 0 Å². The fraction of sp³-hybridized carbons (Fsp3) is 0.500. The summed E-state index contributed by atoms with van der Waals surface area (Å²) in [6.07, 6.45) is 5.61. The number of primary amides is 1. The number of benzene rings is 1. The maximum absolute atomic E-state index is 12.4. The molecule has 1 saturated carbocycles. The van der Waals surface area contributed by atoms with E-state index in [1.54, 1.807) is 6.20 Å². The number of hydrogen-bond acceptors (Lipinski definition) is 6. The van der Waals surface area contributed by atoms with Gasteiger partial charge >= 0.3 is 0 Å². The van der Waals surface area contributed by atoms with E-state index in [2.05, 4.69) is 27.1 Å². The average Bonchev–Trinajstić information content (AvgIpc) is 2.73. The molecule has 172 valence electrons. The fourth-order valence-electron chi connectivity index (χ4n) is 4.23. The molecule has 1 aromatic carbocycles. The first-order valence-electron chi connectivity index (χ1n) is 10.4. The molecular weight excluding hydrogens is 435 g/mol. The molecule has 1 aliphatic rings. The van der Waals surface area contributed by atoms with Crippen LogP contribution in [0.3, 0.4) is 0 Å². The number of nitrogens with one attached hydrogen (secondary N) is 1. The molecule has 7 nitrogen and oxygen atoms in total. The van der Waals surface area contributed by atoms with E-state index in [-0.39, 0.29) is 42.7 Å². The number of rotatable bonds is 8. The summed E-state index contributed by atoms with van der Waals surface area (Å²) >= 11 is 0. The van der Waals surface area contributed by atoms with Crippen LogP contribution in [0.25, 0.3) is 0 Å². The summed E-state index contributed by atoms with van der Waals surface area (Å²) in [7, 11) is 3.93. The summed E-state index contributed by atoms with van der Waals surface area (Å²) in [5.41, 5.74) is 6.91. The summed E-state index contributed by atoms with van der Waals surface area (Å²) in [6.45, 7) is 2.83. The van der Waals surface area contributed by atoms with Crippen molar-refractivity contribution in [1.82, 2.24) is 9.97 Å². The van der Waals surface area contributed by atoms with Gasteiger partial charge in [-0.2, -0.15) is 4.98 Å². The molecule has 1 aliphatic carbocycles. The van der Waals surface area contributed by atoms with E-state index in [1.807, 2.05) is 55.4 Å². The summed E-state index contributed by atoms with van der Waals surface area (Å²) in [5.74, 6) is 1.55. The Balaban J connectivity index is 0.00000240. The fourth-order valence-corrected chi connectivity index (χ4v) is 4.23. The molecule has 0 bridgehead atoms. The van der Waals surface area contributed by atoms with Gasteiger partial charge < -0.3 is 20.9 Å². The van der Waals surface area contributed by atoms with Crippen molar-refractivity contribution < 1.29 is 4.79 Å². The third kappa shape index (κ3) is 6.87. The highest BCUT2D eigenvalue weighted by Gasteiger charge is 2.35. The van der Waals surface area contributed by atoms with Gasteiger partial charge in [-0.05, 0) is 56.7 Å². The molecule has 1 fully saturated rings. The molecule has 2 aromatic rings. The van der Waals surface area contributed by atoms with E-state index in [4.69, 9.17) is 5.73 Å². The quantitative estimate of drug-likeness (QED) is 0.613. The van der Waals surface area contributed by atoms with E-state index < -0.39 is 0 Å². The largest absolute Gasteiger partial charge is 0.368 e. The minimum absolute atomic E-state index is 0. The van der Waals surface area contributed by atoms with E-state index in [0.29, 0.717) is 12.0 Å². The molecule has 0 aliphatic heterocycles. The van der Waals surface area contributed by atoms with Gasteiger partial charge in [-0.25, -0.2) is 4.98 Å². The van der Waals surface area contributed by atoms with Crippen LogP contribution >= 0.6 is 24.8 Å². The van der Waals surface area contributed by atoms with Crippen molar-refractivity contribution in [3.05, 3.63) is 42.6 Å². The summed E-state index contributed by atoms with van der Waals surface area (Å²) in [5, 5.41) is 3.46. The number of anilines is 3. The van der Waals surface area contributed by atoms with Crippen LogP contribution in [0.1, 0.15) is 32.6 Å². The van der Waals surface area contributed by atoms with Gasteiger partial charge in [0, 0.05) is 38.6 Å². The van der Waals surface area contributed by atoms with Crippen molar-refractivity contribution in [3.63, 3.8) is 0 Å². The second kappa shape index (κ2) is 12.6. The van der Waals surface area contributed by atoms with E-state index in [1.165, 1.54) is 0 Å². The average molecular weight is 469 g/mol. The number of halogens is 2. The number of carbonyl (C=O) groups is 1. The normalized spacial score (nSPS) is 18.7. The van der Waals surface area contributed by atoms with Crippen LogP contribution in [0, 0.1) is 5.92 Å². The van der Waals surface area contributed by atoms with Gasteiger partial charge in [0.2, 0.25) is 11.9 Å². The van der Waals surface area contributed by atoms with Crippen molar-refractivity contribution in [1.29, 1.82) is 0 Å². The molecule has 9 heteroatoms. The highest BCUT2D eigenvalue weighted by atomic mass is 35.5. The second-order valence-electron chi connectivity index (χ2n) is 7.86. The number of nitrogens with two attached hydrogens (primary N) is 1. The van der Waals surface area contributed by atoms with Crippen LogP contribution in [0.15, 0.2) is 42.6 Å². The Labute approximate surface area is 197 Å². The number of nitrogens with zero attached hydrogens (tertiary/aromatic N) is 4. The molecule has 31 heavy (non-hydrogen) atoms. The third-order valence-corrected chi connectivity index (χ3v) is 5.71. The highest BCUT2D eigenvalue weighted by Crippen LogP contribution is 2.32.